The van der Waals surface area contributed by atoms with E-state index >= 15 is 0 Å². The third-order valence-corrected chi connectivity index (χ3v) is 3.35. The van der Waals surface area contributed by atoms with Gasteiger partial charge in [0.2, 0.25) is 11.8 Å². The third-order valence-electron chi connectivity index (χ3n) is 3.35. The normalized spacial score (nSPS) is 18.6. The summed E-state index contributed by atoms with van der Waals surface area (Å²) in [5, 5.41) is 13.8. The van der Waals surface area contributed by atoms with Gasteiger partial charge < -0.3 is 15.7 Å². The zero-order chi connectivity index (χ0) is 14.4. The van der Waals surface area contributed by atoms with Crippen LogP contribution in [0.4, 0.5) is 0 Å². The number of rotatable bonds is 6. The number of hydrogen-bond acceptors (Lipinski definition) is 3. The number of carbonyl (C=O) groups is 3. The molecule has 0 radical (unpaired) electrons. The summed E-state index contributed by atoms with van der Waals surface area (Å²) in [5.74, 6) is -1.36. The smallest absolute Gasteiger partial charge is 0.325 e. The highest BCUT2D eigenvalue weighted by atomic mass is 16.4. The van der Waals surface area contributed by atoms with Crippen LogP contribution in [0.2, 0.25) is 0 Å². The van der Waals surface area contributed by atoms with Crippen LogP contribution < -0.4 is 10.6 Å². The molecule has 19 heavy (non-hydrogen) atoms. The van der Waals surface area contributed by atoms with E-state index in [0.717, 1.165) is 25.7 Å². The highest BCUT2D eigenvalue weighted by molar-refractivity contribution is 5.84. The molecule has 2 amide bonds. The van der Waals surface area contributed by atoms with E-state index in [2.05, 4.69) is 10.6 Å². The molecule has 6 nitrogen and oxygen atoms in total. The fraction of sp³-hybridized carbons (Fsp3) is 0.769. The predicted molar refractivity (Wildman–Crippen MR) is 69.4 cm³/mol. The molecule has 3 N–H and O–H groups in total. The van der Waals surface area contributed by atoms with Crippen molar-refractivity contribution < 1.29 is 19.5 Å². The second-order valence-electron chi connectivity index (χ2n) is 5.22. The molecule has 2 atom stereocenters. The predicted octanol–water partition coefficient (Wildman–Crippen LogP) is 0.661. The second-order valence-corrected chi connectivity index (χ2v) is 5.22. The molecule has 1 aliphatic rings. The van der Waals surface area contributed by atoms with E-state index in [9.17, 15) is 14.4 Å². The van der Waals surface area contributed by atoms with Crippen molar-refractivity contribution in [2.24, 2.45) is 5.92 Å². The maximum absolute atomic E-state index is 11.8. The van der Waals surface area contributed by atoms with Crippen molar-refractivity contribution in [2.75, 3.05) is 0 Å². The molecule has 0 aromatic carbocycles. The van der Waals surface area contributed by atoms with E-state index in [-0.39, 0.29) is 30.2 Å². The summed E-state index contributed by atoms with van der Waals surface area (Å²) in [7, 11) is 0. The van der Waals surface area contributed by atoms with Gasteiger partial charge in [0, 0.05) is 18.4 Å². The fourth-order valence-corrected chi connectivity index (χ4v) is 2.24. The highest BCUT2D eigenvalue weighted by Gasteiger charge is 2.24. The van der Waals surface area contributed by atoms with Crippen LogP contribution in [-0.2, 0) is 14.4 Å². The average Bonchev–Trinajstić information content (AvgIpc) is 2.81. The second kappa shape index (κ2) is 7.11. The fourth-order valence-electron chi connectivity index (χ4n) is 2.24. The van der Waals surface area contributed by atoms with Crippen LogP contribution in [-0.4, -0.2) is 35.0 Å². The first-order valence-corrected chi connectivity index (χ1v) is 6.72. The molecular formula is C13H22N2O4. The number of carboxylic acid groups (broad SMARTS) is 1. The van der Waals surface area contributed by atoms with Gasteiger partial charge in [-0.05, 0) is 26.7 Å². The molecule has 1 rings (SSSR count). The van der Waals surface area contributed by atoms with Crippen LogP contribution >= 0.6 is 0 Å². The summed E-state index contributed by atoms with van der Waals surface area (Å²) in [4.78, 5) is 34.0. The van der Waals surface area contributed by atoms with Gasteiger partial charge in [-0.25, -0.2) is 0 Å². The minimum atomic E-state index is -1.07. The number of carbonyl (C=O) groups excluding carboxylic acids is 2. The number of hydrogen-bond donors (Lipinski definition) is 3. The lowest BCUT2D eigenvalue weighted by Gasteiger charge is -2.17. The van der Waals surface area contributed by atoms with Gasteiger partial charge in [-0.15, -0.1) is 0 Å². The quantitative estimate of drug-likeness (QED) is 0.660. The largest absolute Gasteiger partial charge is 0.480 e. The third kappa shape index (κ3) is 5.28. The lowest BCUT2D eigenvalue weighted by atomic mass is 10.1. The Morgan fingerprint density at radius 1 is 1.16 bits per heavy atom. The van der Waals surface area contributed by atoms with Crippen molar-refractivity contribution in [3.05, 3.63) is 0 Å². The topological polar surface area (TPSA) is 95.5 Å². The molecule has 0 aromatic rings. The molecule has 0 heterocycles. The zero-order valence-electron chi connectivity index (χ0n) is 11.4. The average molecular weight is 270 g/mol. The molecule has 0 saturated heterocycles. The van der Waals surface area contributed by atoms with E-state index in [1.54, 1.807) is 6.92 Å². The van der Waals surface area contributed by atoms with Gasteiger partial charge in [-0.3, -0.25) is 14.4 Å². The lowest BCUT2D eigenvalue weighted by molar-refractivity contribution is -0.141. The summed E-state index contributed by atoms with van der Waals surface area (Å²) in [6.07, 6.45) is 4.10. The zero-order valence-corrected chi connectivity index (χ0v) is 11.4. The molecule has 6 heteroatoms. The van der Waals surface area contributed by atoms with Gasteiger partial charge in [0.15, 0.2) is 0 Å². The van der Waals surface area contributed by atoms with Crippen LogP contribution in [0.1, 0.15) is 46.0 Å². The van der Waals surface area contributed by atoms with Crippen molar-refractivity contribution in [3.8, 4) is 0 Å². The summed E-state index contributed by atoms with van der Waals surface area (Å²) in [5.41, 5.74) is 0. The summed E-state index contributed by atoms with van der Waals surface area (Å²) in [6.45, 7) is 3.15. The molecule has 0 spiro atoms. The maximum Gasteiger partial charge on any atom is 0.325 e. The molecule has 1 fully saturated rings. The Hall–Kier alpha value is -1.59. The van der Waals surface area contributed by atoms with Gasteiger partial charge in [0.1, 0.15) is 6.04 Å². The Kier molecular flexibility index (Phi) is 5.79. The van der Waals surface area contributed by atoms with Crippen molar-refractivity contribution in [1.82, 2.24) is 10.6 Å². The highest BCUT2D eigenvalue weighted by Crippen LogP contribution is 2.24. The maximum atomic E-state index is 11.8. The number of nitrogens with one attached hydrogen (secondary N) is 2. The monoisotopic (exact) mass is 270 g/mol. The van der Waals surface area contributed by atoms with Crippen LogP contribution in [0.3, 0.4) is 0 Å². The van der Waals surface area contributed by atoms with E-state index in [4.69, 9.17) is 5.11 Å². The van der Waals surface area contributed by atoms with Crippen LogP contribution in [0.25, 0.3) is 0 Å². The minimum absolute atomic E-state index is 0.00378. The number of carboxylic acids is 1. The molecule has 0 bridgehead atoms. The Morgan fingerprint density at radius 3 is 2.26 bits per heavy atom. The molecule has 0 aromatic heterocycles. The van der Waals surface area contributed by atoms with Gasteiger partial charge in [-0.2, -0.15) is 0 Å². The van der Waals surface area contributed by atoms with Crippen LogP contribution in [0.5, 0.6) is 0 Å². The standard InChI is InChI=1S/C13H22N2O4/c1-8(7-11(16)15-9(2)13(18)19)14-12(17)10-5-3-4-6-10/h8-10H,3-7H2,1-2H3,(H,14,17)(H,15,16)(H,18,19)/t8?,9-/m1/s1. The van der Waals surface area contributed by atoms with Crippen molar-refractivity contribution in [2.45, 2.75) is 58.0 Å². The summed E-state index contributed by atoms with van der Waals surface area (Å²) >= 11 is 0. The van der Waals surface area contributed by atoms with Crippen molar-refractivity contribution in [3.63, 3.8) is 0 Å². The SMILES string of the molecule is CC(CC(=O)N[C@H](C)C(=O)O)NC(=O)C1CCCC1. The van der Waals surface area contributed by atoms with Gasteiger partial charge in [-0.1, -0.05) is 12.8 Å². The first-order valence-electron chi connectivity index (χ1n) is 6.72. The van der Waals surface area contributed by atoms with Crippen LogP contribution in [0.15, 0.2) is 0 Å². The molecular weight excluding hydrogens is 248 g/mol. The minimum Gasteiger partial charge on any atom is -0.480 e. The summed E-state index contributed by atoms with van der Waals surface area (Å²) in [6, 6.07) is -1.20. The number of amides is 2. The molecule has 1 unspecified atom stereocenters. The van der Waals surface area contributed by atoms with Crippen molar-refractivity contribution in [1.29, 1.82) is 0 Å². The molecule has 108 valence electrons. The Morgan fingerprint density at radius 2 is 1.74 bits per heavy atom. The molecule has 1 saturated carbocycles. The van der Waals surface area contributed by atoms with Crippen LogP contribution in [0, 0.1) is 5.92 Å². The van der Waals surface area contributed by atoms with E-state index in [0.29, 0.717) is 0 Å². The van der Waals surface area contributed by atoms with Gasteiger partial charge >= 0.3 is 5.97 Å². The van der Waals surface area contributed by atoms with Gasteiger partial charge in [0.05, 0.1) is 0 Å². The van der Waals surface area contributed by atoms with E-state index in [1.807, 2.05) is 0 Å². The summed E-state index contributed by atoms with van der Waals surface area (Å²) < 4.78 is 0. The van der Waals surface area contributed by atoms with E-state index in [1.165, 1.54) is 6.92 Å². The lowest BCUT2D eigenvalue weighted by Crippen LogP contribution is -2.43. The number of aliphatic carboxylic acids is 1. The Balaban J connectivity index is 2.29. The van der Waals surface area contributed by atoms with Crippen molar-refractivity contribution >= 4 is 17.8 Å². The van der Waals surface area contributed by atoms with Gasteiger partial charge in [0.25, 0.3) is 0 Å². The van der Waals surface area contributed by atoms with E-state index < -0.39 is 12.0 Å². The molecule has 0 aliphatic heterocycles. The first kappa shape index (κ1) is 15.5. The Labute approximate surface area is 112 Å². The molecule has 1 aliphatic carbocycles. The first-order chi connectivity index (χ1) is 8.90. The Bertz CT molecular complexity index is 351.